The number of hydrogen-bond acceptors (Lipinski definition) is 5. The molecule has 7 nitrogen and oxygen atoms in total. The van der Waals surface area contributed by atoms with Gasteiger partial charge in [0, 0.05) is 45.5 Å². The third-order valence-electron chi connectivity index (χ3n) is 6.36. The van der Waals surface area contributed by atoms with Gasteiger partial charge < -0.3 is 10.2 Å². The summed E-state index contributed by atoms with van der Waals surface area (Å²) in [5, 5.41) is 2.88. The Balaban J connectivity index is 1.43. The largest absolute Gasteiger partial charge is 0.352 e. The van der Waals surface area contributed by atoms with Crippen molar-refractivity contribution in [3.05, 3.63) is 88.1 Å². The summed E-state index contributed by atoms with van der Waals surface area (Å²) in [6.45, 7) is 5.62. The summed E-state index contributed by atoms with van der Waals surface area (Å²) in [4.78, 5) is 19.8. The Morgan fingerprint density at radius 1 is 1.09 bits per heavy atom. The summed E-state index contributed by atoms with van der Waals surface area (Å²) < 4.78 is 26.5. The van der Waals surface area contributed by atoms with Crippen molar-refractivity contribution in [2.45, 2.75) is 38.3 Å². The van der Waals surface area contributed by atoms with E-state index in [1.165, 1.54) is 31.3 Å². The molecule has 4 rings (SSSR count). The number of rotatable bonds is 6. The predicted octanol–water partition coefficient (Wildman–Crippen LogP) is 3.44. The van der Waals surface area contributed by atoms with Crippen molar-refractivity contribution in [3.8, 4) is 0 Å². The van der Waals surface area contributed by atoms with Crippen molar-refractivity contribution in [3.63, 3.8) is 0 Å². The van der Waals surface area contributed by atoms with Gasteiger partial charge >= 0.3 is 0 Å². The highest BCUT2D eigenvalue weighted by Gasteiger charge is 2.23. The fourth-order valence-corrected chi connectivity index (χ4v) is 5.32. The summed E-state index contributed by atoms with van der Waals surface area (Å²) in [7, 11) is -0.684. The highest BCUT2D eigenvalue weighted by atomic mass is 32.2. The molecule has 1 amide bonds. The van der Waals surface area contributed by atoms with Crippen molar-refractivity contribution in [1.29, 1.82) is 0 Å². The van der Waals surface area contributed by atoms with Crippen molar-refractivity contribution < 1.29 is 13.2 Å². The van der Waals surface area contributed by atoms with Crippen LogP contribution in [0.25, 0.3) is 0 Å². The van der Waals surface area contributed by atoms with Gasteiger partial charge in [-0.25, -0.2) is 17.7 Å². The van der Waals surface area contributed by atoms with Gasteiger partial charge in [0.15, 0.2) is 0 Å². The highest BCUT2D eigenvalue weighted by molar-refractivity contribution is 7.89. The number of carbonyl (C=O) groups excluding carboxylic acids is 1. The highest BCUT2D eigenvalue weighted by Crippen LogP contribution is 2.24. The van der Waals surface area contributed by atoms with E-state index in [9.17, 15) is 13.2 Å². The van der Waals surface area contributed by atoms with E-state index in [-0.39, 0.29) is 10.8 Å². The molecule has 0 radical (unpaired) electrons. The summed E-state index contributed by atoms with van der Waals surface area (Å²) in [5.41, 5.74) is 5.31. The topological polar surface area (TPSA) is 82.6 Å². The first-order valence-electron chi connectivity index (χ1n) is 11.3. The molecule has 0 bridgehead atoms. The Morgan fingerprint density at radius 3 is 2.50 bits per heavy atom. The zero-order valence-electron chi connectivity index (χ0n) is 20.0. The van der Waals surface area contributed by atoms with Crippen LogP contribution in [0.1, 0.15) is 38.2 Å². The second kappa shape index (κ2) is 9.56. The summed E-state index contributed by atoms with van der Waals surface area (Å²) in [6.07, 6.45) is 2.77. The smallest absolute Gasteiger partial charge is 0.251 e. The molecule has 178 valence electrons. The van der Waals surface area contributed by atoms with Crippen molar-refractivity contribution >= 4 is 21.7 Å². The fraction of sp³-hybridized carbons (Fsp3) is 0.308. The predicted molar refractivity (Wildman–Crippen MR) is 133 cm³/mol. The van der Waals surface area contributed by atoms with Gasteiger partial charge in [0.2, 0.25) is 10.0 Å². The SMILES string of the molecule is Cc1cc(C(=O)NCc2ccc(N3CCc4ccccc4C3)nc2)cc(S(=O)(=O)N(C)C)c1C. The first-order chi connectivity index (χ1) is 16.2. The van der Waals surface area contributed by atoms with Gasteiger partial charge in [-0.1, -0.05) is 30.3 Å². The normalized spacial score (nSPS) is 13.6. The number of nitrogens with one attached hydrogen (secondary N) is 1. The zero-order chi connectivity index (χ0) is 24.5. The molecule has 3 aromatic rings. The second-order valence-electron chi connectivity index (χ2n) is 8.85. The Kier molecular flexibility index (Phi) is 6.72. The third kappa shape index (κ3) is 4.83. The van der Waals surface area contributed by atoms with Gasteiger partial charge in [-0.05, 0) is 66.3 Å². The van der Waals surface area contributed by atoms with Gasteiger partial charge in [0.05, 0.1) is 4.90 Å². The quantitative estimate of drug-likeness (QED) is 0.587. The molecule has 0 saturated heterocycles. The molecule has 2 heterocycles. The minimum Gasteiger partial charge on any atom is -0.352 e. The lowest BCUT2D eigenvalue weighted by atomic mass is 10.00. The number of benzene rings is 2. The van der Waals surface area contributed by atoms with Crippen LogP contribution in [0.3, 0.4) is 0 Å². The van der Waals surface area contributed by atoms with Crippen molar-refractivity contribution in [2.75, 3.05) is 25.5 Å². The van der Waals surface area contributed by atoms with Crippen molar-refractivity contribution in [2.24, 2.45) is 0 Å². The van der Waals surface area contributed by atoms with Crippen LogP contribution in [0.5, 0.6) is 0 Å². The fourth-order valence-electron chi connectivity index (χ4n) is 4.11. The molecule has 0 fully saturated rings. The Labute approximate surface area is 201 Å². The van der Waals surface area contributed by atoms with E-state index >= 15 is 0 Å². The lowest BCUT2D eigenvalue weighted by Crippen LogP contribution is -2.31. The number of carbonyl (C=O) groups is 1. The Bertz CT molecular complexity index is 1320. The van der Waals surface area contributed by atoms with E-state index in [1.54, 1.807) is 19.2 Å². The van der Waals surface area contributed by atoms with Gasteiger partial charge in [0.25, 0.3) is 5.91 Å². The molecule has 0 spiro atoms. The van der Waals surface area contributed by atoms with E-state index in [4.69, 9.17) is 0 Å². The molecule has 8 heteroatoms. The Hall–Kier alpha value is -3.23. The number of fused-ring (bicyclic) bond motifs is 1. The number of anilines is 1. The molecule has 1 N–H and O–H groups in total. The minimum atomic E-state index is -3.65. The monoisotopic (exact) mass is 478 g/mol. The molecular formula is C26H30N4O3S. The molecule has 1 aliphatic heterocycles. The molecule has 0 aliphatic carbocycles. The molecule has 34 heavy (non-hydrogen) atoms. The van der Waals surface area contributed by atoms with E-state index in [2.05, 4.69) is 39.5 Å². The van der Waals surface area contributed by atoms with Gasteiger partial charge in [-0.2, -0.15) is 0 Å². The van der Waals surface area contributed by atoms with Gasteiger partial charge in [-0.3, -0.25) is 4.79 Å². The van der Waals surface area contributed by atoms with Gasteiger partial charge in [0.1, 0.15) is 5.82 Å². The molecule has 0 atom stereocenters. The number of nitrogens with zero attached hydrogens (tertiary/aromatic N) is 3. The van der Waals surface area contributed by atoms with Crippen LogP contribution in [0, 0.1) is 13.8 Å². The standard InChI is InChI=1S/C26H30N4O3S/c1-18-13-23(14-24(19(18)2)34(32,33)29(3)4)26(31)28-16-20-9-10-25(27-15-20)30-12-11-21-7-5-6-8-22(21)17-30/h5-10,13-15H,11-12,16-17H2,1-4H3,(H,28,31). The van der Waals surface area contributed by atoms with E-state index < -0.39 is 10.0 Å². The van der Waals surface area contributed by atoms with Crippen LogP contribution in [0.2, 0.25) is 0 Å². The van der Waals surface area contributed by atoms with Gasteiger partial charge in [-0.15, -0.1) is 0 Å². The van der Waals surface area contributed by atoms with Crippen LogP contribution in [-0.2, 0) is 29.5 Å². The zero-order valence-corrected chi connectivity index (χ0v) is 20.8. The maximum atomic E-state index is 12.8. The number of sulfonamides is 1. The maximum absolute atomic E-state index is 12.8. The van der Waals surface area contributed by atoms with Crippen LogP contribution in [-0.4, -0.2) is 44.3 Å². The average Bonchev–Trinajstić information content (AvgIpc) is 2.83. The second-order valence-corrected chi connectivity index (χ2v) is 11.0. The van der Waals surface area contributed by atoms with Crippen LogP contribution < -0.4 is 10.2 Å². The maximum Gasteiger partial charge on any atom is 0.251 e. The average molecular weight is 479 g/mol. The summed E-state index contributed by atoms with van der Waals surface area (Å²) in [5.74, 6) is 0.590. The summed E-state index contributed by atoms with van der Waals surface area (Å²) >= 11 is 0. The van der Waals surface area contributed by atoms with Crippen LogP contribution >= 0.6 is 0 Å². The van der Waals surface area contributed by atoms with Crippen molar-refractivity contribution in [1.82, 2.24) is 14.6 Å². The molecule has 1 aromatic heterocycles. The van der Waals surface area contributed by atoms with E-state index in [0.29, 0.717) is 17.7 Å². The van der Waals surface area contributed by atoms with Crippen LogP contribution in [0.4, 0.5) is 5.82 Å². The molecular weight excluding hydrogens is 448 g/mol. The number of aryl methyl sites for hydroxylation is 1. The molecule has 1 aliphatic rings. The molecule has 0 unspecified atom stereocenters. The Morgan fingerprint density at radius 2 is 1.82 bits per heavy atom. The first kappa shape index (κ1) is 23.9. The molecule has 0 saturated carbocycles. The summed E-state index contributed by atoms with van der Waals surface area (Å²) in [6, 6.07) is 15.6. The van der Waals surface area contributed by atoms with Crippen LogP contribution in [0.15, 0.2) is 59.6 Å². The number of amides is 1. The lowest BCUT2D eigenvalue weighted by molar-refractivity contribution is 0.0950. The first-order valence-corrected chi connectivity index (χ1v) is 12.7. The number of hydrogen-bond donors (Lipinski definition) is 1. The number of aromatic nitrogens is 1. The molecule has 2 aromatic carbocycles. The lowest BCUT2D eigenvalue weighted by Gasteiger charge is -2.29. The van der Waals surface area contributed by atoms with E-state index in [1.807, 2.05) is 19.1 Å². The van der Waals surface area contributed by atoms with E-state index in [0.717, 1.165) is 40.8 Å². The number of pyridine rings is 1. The third-order valence-corrected chi connectivity index (χ3v) is 8.30. The minimum absolute atomic E-state index is 0.150.